The first kappa shape index (κ1) is 15.6. The van der Waals surface area contributed by atoms with E-state index in [1.807, 2.05) is 0 Å². The topological polar surface area (TPSA) is 32.5 Å². The molecule has 5 heteroatoms. The summed E-state index contributed by atoms with van der Waals surface area (Å²) in [5, 5.41) is 0. The number of anilines is 1. The normalized spacial score (nSPS) is 20.1. The number of thiocarbonyl (C=S) groups is 1. The van der Waals surface area contributed by atoms with Crippen LogP contribution in [0.25, 0.3) is 0 Å². The van der Waals surface area contributed by atoms with Crippen LogP contribution in [0.2, 0.25) is 0 Å². The van der Waals surface area contributed by atoms with Crippen molar-refractivity contribution in [1.29, 1.82) is 0 Å². The average Bonchev–Trinajstić information content (AvgIpc) is 2.38. The maximum absolute atomic E-state index is 6.01. The van der Waals surface area contributed by atoms with Crippen LogP contribution in [0.15, 0.2) is 23.1 Å². The van der Waals surface area contributed by atoms with Gasteiger partial charge in [0.2, 0.25) is 0 Å². The summed E-state index contributed by atoms with van der Waals surface area (Å²) < 4.78 is 0. The largest absolute Gasteiger partial charge is 0.389 e. The lowest BCUT2D eigenvalue weighted by Gasteiger charge is -2.40. The maximum atomic E-state index is 6.01. The van der Waals surface area contributed by atoms with E-state index < -0.39 is 0 Å². The number of hydrogen-bond acceptors (Lipinski definition) is 4. The molecule has 0 bridgehead atoms. The number of thioether (sulfide) groups is 1. The fraction of sp³-hybridized carbons (Fsp3) is 0.533. The summed E-state index contributed by atoms with van der Waals surface area (Å²) >= 11 is 7.12. The number of nitrogens with zero attached hydrogens (tertiary/aromatic N) is 2. The number of nitrogens with two attached hydrogens (primary N) is 1. The van der Waals surface area contributed by atoms with Crippen molar-refractivity contribution in [3.63, 3.8) is 0 Å². The Hall–Kier alpha value is -0.780. The number of rotatable bonds is 4. The van der Waals surface area contributed by atoms with Crippen molar-refractivity contribution in [2.24, 2.45) is 5.73 Å². The third-order valence-corrected chi connectivity index (χ3v) is 4.83. The first-order valence-corrected chi connectivity index (χ1v) is 8.44. The summed E-state index contributed by atoms with van der Waals surface area (Å²) in [6, 6.07) is 6.85. The van der Waals surface area contributed by atoms with Crippen LogP contribution in [0, 0.1) is 0 Å². The molecule has 1 fully saturated rings. The van der Waals surface area contributed by atoms with Gasteiger partial charge in [-0.3, -0.25) is 0 Å². The average molecular weight is 310 g/mol. The minimum Gasteiger partial charge on any atom is -0.389 e. The minimum atomic E-state index is 0.476. The molecule has 0 aliphatic carbocycles. The first-order chi connectivity index (χ1) is 9.54. The predicted octanol–water partition coefficient (Wildman–Crippen LogP) is 2.57. The van der Waals surface area contributed by atoms with Gasteiger partial charge in [0.1, 0.15) is 4.99 Å². The Balaban J connectivity index is 2.40. The second-order valence-electron chi connectivity index (χ2n) is 5.25. The molecule has 1 heterocycles. The minimum absolute atomic E-state index is 0.476. The van der Waals surface area contributed by atoms with Crippen LogP contribution in [-0.2, 0) is 0 Å². The molecule has 0 amide bonds. The first-order valence-electron chi connectivity index (χ1n) is 7.05. The molecule has 20 heavy (non-hydrogen) atoms. The lowest BCUT2D eigenvalue weighted by Crippen LogP contribution is -2.51. The smallest absolute Gasteiger partial charge is 0.107 e. The molecule has 1 aromatic carbocycles. The van der Waals surface area contributed by atoms with E-state index in [0.717, 1.165) is 31.0 Å². The molecule has 1 saturated heterocycles. The quantitative estimate of drug-likeness (QED) is 0.683. The zero-order valence-corrected chi connectivity index (χ0v) is 14.1. The molecule has 2 rings (SSSR count). The van der Waals surface area contributed by atoms with Crippen molar-refractivity contribution in [1.82, 2.24) is 4.90 Å². The van der Waals surface area contributed by atoms with Crippen molar-refractivity contribution < 1.29 is 0 Å². The molecule has 1 aliphatic heterocycles. The van der Waals surface area contributed by atoms with Gasteiger partial charge in [-0.25, -0.2) is 0 Å². The Morgan fingerprint density at radius 2 is 2.20 bits per heavy atom. The van der Waals surface area contributed by atoms with Gasteiger partial charge < -0.3 is 15.5 Å². The molecule has 0 spiro atoms. The van der Waals surface area contributed by atoms with Gasteiger partial charge in [0.15, 0.2) is 0 Å². The Morgan fingerprint density at radius 3 is 2.80 bits per heavy atom. The van der Waals surface area contributed by atoms with E-state index in [2.05, 4.69) is 48.9 Å². The van der Waals surface area contributed by atoms with Gasteiger partial charge in [-0.05, 0) is 31.9 Å². The highest BCUT2D eigenvalue weighted by Gasteiger charge is 2.25. The molecular formula is C15H23N3S2. The van der Waals surface area contributed by atoms with Crippen LogP contribution in [0.3, 0.4) is 0 Å². The molecule has 0 radical (unpaired) electrons. The van der Waals surface area contributed by atoms with Crippen LogP contribution in [0.1, 0.15) is 19.4 Å². The maximum Gasteiger partial charge on any atom is 0.107 e. The summed E-state index contributed by atoms with van der Waals surface area (Å²) in [5.41, 5.74) is 8.24. The lowest BCUT2D eigenvalue weighted by molar-refractivity contribution is 0.275. The fourth-order valence-electron chi connectivity index (χ4n) is 2.78. The third kappa shape index (κ3) is 3.27. The van der Waals surface area contributed by atoms with Crippen LogP contribution >= 0.6 is 24.0 Å². The summed E-state index contributed by atoms with van der Waals surface area (Å²) in [5.74, 6) is 1.03. The molecule has 1 aromatic rings. The van der Waals surface area contributed by atoms with E-state index in [9.17, 15) is 0 Å². The number of piperazine rings is 1. The van der Waals surface area contributed by atoms with Crippen LogP contribution < -0.4 is 10.6 Å². The second kappa shape index (κ2) is 6.78. The standard InChI is InChI=1S/C15H23N3S2/c1-4-20-13-7-5-6-12(14(13)15(16)19)18-9-8-17(3)10-11(18)2/h5-7,11H,4,8-10H2,1-3H3,(H2,16,19). The van der Waals surface area contributed by atoms with Crippen molar-refractivity contribution in [2.45, 2.75) is 24.8 Å². The Morgan fingerprint density at radius 1 is 1.45 bits per heavy atom. The van der Waals surface area contributed by atoms with Crippen molar-refractivity contribution >= 4 is 34.7 Å². The lowest BCUT2D eigenvalue weighted by atomic mass is 10.1. The Kier molecular flexibility index (Phi) is 5.29. The zero-order chi connectivity index (χ0) is 14.7. The number of benzene rings is 1. The highest BCUT2D eigenvalue weighted by atomic mass is 32.2. The second-order valence-corrected chi connectivity index (χ2v) is 7.00. The van der Waals surface area contributed by atoms with Crippen molar-refractivity contribution in [3.8, 4) is 0 Å². The highest BCUT2D eigenvalue weighted by Crippen LogP contribution is 2.32. The molecular weight excluding hydrogens is 286 g/mol. The van der Waals surface area contributed by atoms with Gasteiger partial charge >= 0.3 is 0 Å². The van der Waals surface area contributed by atoms with Gasteiger partial charge in [-0.2, -0.15) is 0 Å². The van der Waals surface area contributed by atoms with Crippen LogP contribution in [-0.4, -0.2) is 48.4 Å². The third-order valence-electron chi connectivity index (χ3n) is 3.69. The fourth-order valence-corrected chi connectivity index (χ4v) is 3.90. The highest BCUT2D eigenvalue weighted by molar-refractivity contribution is 7.99. The monoisotopic (exact) mass is 309 g/mol. The molecule has 0 aromatic heterocycles. The summed E-state index contributed by atoms with van der Waals surface area (Å²) in [6.07, 6.45) is 0. The molecule has 110 valence electrons. The number of likely N-dealkylation sites (N-methyl/N-ethyl adjacent to an activating group) is 1. The van der Waals surface area contributed by atoms with Crippen LogP contribution in [0.4, 0.5) is 5.69 Å². The van der Waals surface area contributed by atoms with Crippen LogP contribution in [0.5, 0.6) is 0 Å². The van der Waals surface area contributed by atoms with Gasteiger partial charge in [-0.15, -0.1) is 11.8 Å². The van der Waals surface area contributed by atoms with E-state index in [0.29, 0.717) is 11.0 Å². The van der Waals surface area contributed by atoms with Crippen molar-refractivity contribution in [2.75, 3.05) is 37.3 Å². The van der Waals surface area contributed by atoms with Crippen molar-refractivity contribution in [3.05, 3.63) is 23.8 Å². The van der Waals surface area contributed by atoms with E-state index in [4.69, 9.17) is 18.0 Å². The van der Waals surface area contributed by atoms with E-state index in [1.165, 1.54) is 10.6 Å². The molecule has 1 unspecified atom stereocenters. The van der Waals surface area contributed by atoms with Gasteiger partial charge in [0, 0.05) is 41.8 Å². The zero-order valence-electron chi connectivity index (χ0n) is 12.4. The summed E-state index contributed by atoms with van der Waals surface area (Å²) in [4.78, 5) is 6.51. The number of hydrogen-bond donors (Lipinski definition) is 1. The molecule has 3 nitrogen and oxygen atoms in total. The molecule has 1 aliphatic rings. The predicted molar refractivity (Wildman–Crippen MR) is 93.0 cm³/mol. The van der Waals surface area contributed by atoms with Gasteiger partial charge in [0.25, 0.3) is 0 Å². The van der Waals surface area contributed by atoms with E-state index in [-0.39, 0.29) is 0 Å². The SMILES string of the molecule is CCSc1cccc(N2CCN(C)CC2C)c1C(N)=S. The molecule has 2 N–H and O–H groups in total. The Labute approximate surface area is 131 Å². The summed E-state index contributed by atoms with van der Waals surface area (Å²) in [7, 11) is 2.17. The van der Waals surface area contributed by atoms with Gasteiger partial charge in [-0.1, -0.05) is 25.2 Å². The molecule has 1 atom stereocenters. The molecule has 0 saturated carbocycles. The Bertz CT molecular complexity index is 490. The summed E-state index contributed by atoms with van der Waals surface area (Å²) in [6.45, 7) is 7.58. The van der Waals surface area contributed by atoms with E-state index in [1.54, 1.807) is 11.8 Å². The van der Waals surface area contributed by atoms with E-state index >= 15 is 0 Å². The van der Waals surface area contributed by atoms with Gasteiger partial charge in [0.05, 0.1) is 0 Å².